The van der Waals surface area contributed by atoms with Crippen molar-refractivity contribution in [3.8, 4) is 10.8 Å². The first kappa shape index (κ1) is 15.8. The molecule has 0 spiro atoms. The average Bonchev–Trinajstić information content (AvgIpc) is 3.28. The molecule has 2 atom stereocenters. The van der Waals surface area contributed by atoms with Gasteiger partial charge in [0.05, 0.1) is 17.0 Å². The second-order valence-corrected chi connectivity index (χ2v) is 7.89. The lowest BCUT2D eigenvalue weighted by atomic mass is 9.98. The number of hydrogen-bond donors (Lipinski definition) is 1. The topological polar surface area (TPSA) is 58.4 Å². The number of carbonyl (C=O) groups excluding carboxylic acids is 1. The maximum atomic E-state index is 12.7. The summed E-state index contributed by atoms with van der Waals surface area (Å²) in [6, 6.07) is 5.48. The molecular weight excluding hydrogens is 322 g/mol. The fourth-order valence-corrected chi connectivity index (χ4v) is 4.56. The van der Waals surface area contributed by atoms with Crippen LogP contribution < -0.4 is 5.32 Å². The van der Waals surface area contributed by atoms with E-state index < -0.39 is 0 Å². The number of thiophene rings is 1. The molecule has 2 aliphatic heterocycles. The highest BCUT2D eigenvalue weighted by Gasteiger charge is 2.36. The van der Waals surface area contributed by atoms with E-state index in [-0.39, 0.29) is 5.91 Å². The monoisotopic (exact) mass is 345 g/mol. The Morgan fingerprint density at radius 2 is 2.17 bits per heavy atom. The Kier molecular flexibility index (Phi) is 4.18. The fourth-order valence-electron chi connectivity index (χ4n) is 3.91. The van der Waals surface area contributed by atoms with Crippen molar-refractivity contribution in [2.45, 2.75) is 57.2 Å². The number of rotatable bonds is 4. The van der Waals surface area contributed by atoms with Crippen LogP contribution in [0.4, 0.5) is 0 Å². The van der Waals surface area contributed by atoms with Crippen LogP contribution in [0, 0.1) is 6.92 Å². The zero-order chi connectivity index (χ0) is 16.7. The number of nitrogens with one attached hydrogen (secondary N) is 1. The summed E-state index contributed by atoms with van der Waals surface area (Å²) >= 11 is 1.59. The molecule has 2 fully saturated rings. The van der Waals surface area contributed by atoms with Crippen molar-refractivity contribution < 1.29 is 9.21 Å². The number of oxazole rings is 1. The van der Waals surface area contributed by atoms with Crippen LogP contribution in [0.5, 0.6) is 0 Å². The molecule has 0 aliphatic carbocycles. The van der Waals surface area contributed by atoms with Crippen molar-refractivity contribution in [2.75, 3.05) is 7.05 Å². The number of aryl methyl sites for hydroxylation is 1. The van der Waals surface area contributed by atoms with Crippen molar-refractivity contribution in [3.05, 3.63) is 29.0 Å². The van der Waals surface area contributed by atoms with Gasteiger partial charge in [-0.1, -0.05) is 6.07 Å². The lowest BCUT2D eigenvalue weighted by Gasteiger charge is -2.35. The summed E-state index contributed by atoms with van der Waals surface area (Å²) in [5.41, 5.74) is 0.757. The van der Waals surface area contributed by atoms with Crippen LogP contribution >= 0.6 is 11.3 Å². The molecule has 4 heterocycles. The first-order valence-electron chi connectivity index (χ1n) is 8.62. The van der Waals surface area contributed by atoms with Crippen LogP contribution in [0.1, 0.15) is 37.1 Å². The SMILES string of the molecule is Cc1oc(-c2cccs2)nc1CC(=O)N(C)C1CC2CCC(C1)N2. The highest BCUT2D eigenvalue weighted by atomic mass is 32.1. The molecule has 2 aromatic rings. The van der Waals surface area contributed by atoms with E-state index in [9.17, 15) is 4.79 Å². The zero-order valence-corrected chi connectivity index (χ0v) is 14.9. The van der Waals surface area contributed by atoms with Crippen molar-refractivity contribution in [1.29, 1.82) is 0 Å². The Morgan fingerprint density at radius 1 is 1.42 bits per heavy atom. The van der Waals surface area contributed by atoms with E-state index in [0.29, 0.717) is 30.4 Å². The molecule has 2 unspecified atom stereocenters. The normalized spacial score (nSPS) is 25.8. The van der Waals surface area contributed by atoms with E-state index >= 15 is 0 Å². The van der Waals surface area contributed by atoms with E-state index in [0.717, 1.165) is 29.2 Å². The standard InChI is InChI=1S/C18H23N3O2S/c1-11-15(20-18(23-11)16-4-3-7-24-16)10-17(22)21(2)14-8-12-5-6-13(9-14)19-12/h3-4,7,12-14,19H,5-6,8-10H2,1-2H3. The summed E-state index contributed by atoms with van der Waals surface area (Å²) in [6.45, 7) is 1.89. The summed E-state index contributed by atoms with van der Waals surface area (Å²) in [7, 11) is 1.94. The number of amides is 1. The van der Waals surface area contributed by atoms with Crippen LogP contribution in [0.15, 0.2) is 21.9 Å². The summed E-state index contributed by atoms with van der Waals surface area (Å²) in [4.78, 5) is 20.2. The Bertz CT molecular complexity index is 713. The third-order valence-corrected chi connectivity index (χ3v) is 6.19. The number of hydrogen-bond acceptors (Lipinski definition) is 5. The first-order valence-corrected chi connectivity index (χ1v) is 9.50. The van der Waals surface area contributed by atoms with Gasteiger partial charge in [-0.25, -0.2) is 4.98 Å². The van der Waals surface area contributed by atoms with Crippen molar-refractivity contribution >= 4 is 17.2 Å². The van der Waals surface area contributed by atoms with Crippen molar-refractivity contribution in [2.24, 2.45) is 0 Å². The molecular formula is C18H23N3O2S. The summed E-state index contributed by atoms with van der Waals surface area (Å²) in [5.74, 6) is 1.49. The quantitative estimate of drug-likeness (QED) is 0.925. The highest BCUT2D eigenvalue weighted by Crippen LogP contribution is 2.30. The third-order valence-electron chi connectivity index (χ3n) is 5.33. The van der Waals surface area contributed by atoms with Crippen LogP contribution in [0.2, 0.25) is 0 Å². The Labute approximate surface area is 146 Å². The van der Waals surface area contributed by atoms with Crippen LogP contribution in [0.3, 0.4) is 0 Å². The molecule has 1 N–H and O–H groups in total. The van der Waals surface area contributed by atoms with Gasteiger partial charge < -0.3 is 14.6 Å². The predicted octanol–water partition coefficient (Wildman–Crippen LogP) is 3.00. The third kappa shape index (κ3) is 3.00. The summed E-state index contributed by atoms with van der Waals surface area (Å²) in [6.07, 6.45) is 4.94. The molecule has 2 aromatic heterocycles. The van der Waals surface area contributed by atoms with Gasteiger partial charge in [-0.3, -0.25) is 4.79 Å². The fraction of sp³-hybridized carbons (Fsp3) is 0.556. The van der Waals surface area contributed by atoms with Gasteiger partial charge in [0.15, 0.2) is 0 Å². The Hall–Kier alpha value is -1.66. The number of piperidine rings is 1. The molecule has 2 aliphatic rings. The number of likely N-dealkylation sites (N-methyl/N-ethyl adjacent to an activating group) is 1. The van der Waals surface area contributed by atoms with Gasteiger partial charge in [0.25, 0.3) is 0 Å². The zero-order valence-electron chi connectivity index (χ0n) is 14.1. The van der Waals surface area contributed by atoms with Gasteiger partial charge in [-0.05, 0) is 44.1 Å². The molecule has 6 heteroatoms. The number of nitrogens with zero attached hydrogens (tertiary/aromatic N) is 2. The number of aromatic nitrogens is 1. The summed E-state index contributed by atoms with van der Waals surface area (Å²) < 4.78 is 5.75. The lowest BCUT2D eigenvalue weighted by molar-refractivity contribution is -0.132. The largest absolute Gasteiger partial charge is 0.440 e. The van der Waals surface area contributed by atoms with Gasteiger partial charge in [0.2, 0.25) is 11.8 Å². The maximum absolute atomic E-state index is 12.7. The van der Waals surface area contributed by atoms with Gasteiger partial charge in [-0.15, -0.1) is 11.3 Å². The molecule has 0 radical (unpaired) electrons. The van der Waals surface area contributed by atoms with E-state index in [2.05, 4.69) is 10.3 Å². The molecule has 4 rings (SSSR count). The smallest absolute Gasteiger partial charge is 0.236 e. The molecule has 2 saturated heterocycles. The van der Waals surface area contributed by atoms with Gasteiger partial charge in [0, 0.05) is 25.2 Å². The van der Waals surface area contributed by atoms with Crippen LogP contribution in [0.25, 0.3) is 10.8 Å². The second kappa shape index (κ2) is 6.33. The number of fused-ring (bicyclic) bond motifs is 2. The van der Waals surface area contributed by atoms with Crippen LogP contribution in [-0.4, -0.2) is 41.0 Å². The Balaban J connectivity index is 1.44. The molecule has 128 valence electrons. The van der Waals surface area contributed by atoms with Gasteiger partial charge in [0.1, 0.15) is 5.76 Å². The highest BCUT2D eigenvalue weighted by molar-refractivity contribution is 7.13. The molecule has 2 bridgehead atoms. The minimum Gasteiger partial charge on any atom is -0.440 e. The lowest BCUT2D eigenvalue weighted by Crippen LogP contribution is -2.49. The molecule has 5 nitrogen and oxygen atoms in total. The van der Waals surface area contributed by atoms with Gasteiger partial charge in [-0.2, -0.15) is 0 Å². The van der Waals surface area contributed by atoms with E-state index in [1.807, 2.05) is 36.4 Å². The second-order valence-electron chi connectivity index (χ2n) is 6.94. The average molecular weight is 345 g/mol. The van der Waals surface area contributed by atoms with Crippen molar-refractivity contribution in [1.82, 2.24) is 15.2 Å². The molecule has 0 saturated carbocycles. The molecule has 0 aromatic carbocycles. The van der Waals surface area contributed by atoms with Gasteiger partial charge >= 0.3 is 0 Å². The number of carbonyl (C=O) groups is 1. The maximum Gasteiger partial charge on any atom is 0.236 e. The minimum atomic E-state index is 0.135. The molecule has 24 heavy (non-hydrogen) atoms. The summed E-state index contributed by atoms with van der Waals surface area (Å²) in [5, 5.41) is 5.63. The minimum absolute atomic E-state index is 0.135. The van der Waals surface area contributed by atoms with E-state index in [1.165, 1.54) is 12.8 Å². The van der Waals surface area contributed by atoms with E-state index in [1.54, 1.807) is 11.3 Å². The van der Waals surface area contributed by atoms with E-state index in [4.69, 9.17) is 4.42 Å². The molecule has 1 amide bonds. The van der Waals surface area contributed by atoms with Crippen LogP contribution in [-0.2, 0) is 11.2 Å². The van der Waals surface area contributed by atoms with Crippen molar-refractivity contribution in [3.63, 3.8) is 0 Å². The first-order chi connectivity index (χ1) is 11.6. The Morgan fingerprint density at radius 3 is 2.83 bits per heavy atom. The predicted molar refractivity (Wildman–Crippen MR) is 94.0 cm³/mol.